The Morgan fingerprint density at radius 1 is 1.11 bits per heavy atom. The number of aryl methyl sites for hydroxylation is 3. The second kappa shape index (κ2) is 10.4. The number of esters is 1. The van der Waals surface area contributed by atoms with Crippen molar-refractivity contribution >= 4 is 21.9 Å². The largest absolute Gasteiger partial charge is 0.453 e. The van der Waals surface area contributed by atoms with Crippen LogP contribution in [0, 0.1) is 20.8 Å². The van der Waals surface area contributed by atoms with Crippen LogP contribution in [0.2, 0.25) is 0 Å². The molecule has 0 spiro atoms. The van der Waals surface area contributed by atoms with Gasteiger partial charge in [-0.15, -0.1) is 0 Å². The summed E-state index contributed by atoms with van der Waals surface area (Å²) in [6, 6.07) is 3.58. The Morgan fingerprint density at radius 3 is 2.26 bits per heavy atom. The standard InChI is InChI=1S/C18H28N2O6S/c1-12-10-13(2)17(14(3)11-12)27(23,24)20-7-6-16(21)26-15(4)18(22)19-8-9-25-5/h10-11,15,20H,6-9H2,1-5H3,(H,19,22)/t15-/m0/s1. The summed E-state index contributed by atoms with van der Waals surface area (Å²) in [5.41, 5.74) is 2.26. The summed E-state index contributed by atoms with van der Waals surface area (Å²) in [6.07, 6.45) is -1.15. The minimum atomic E-state index is -3.74. The summed E-state index contributed by atoms with van der Waals surface area (Å²) in [5, 5.41) is 2.55. The molecule has 0 unspecified atom stereocenters. The highest BCUT2D eigenvalue weighted by molar-refractivity contribution is 7.89. The maximum absolute atomic E-state index is 12.5. The molecule has 0 aliphatic carbocycles. The predicted octanol–water partition coefficient (Wildman–Crippen LogP) is 0.975. The zero-order valence-electron chi connectivity index (χ0n) is 16.4. The lowest BCUT2D eigenvalue weighted by molar-refractivity contribution is -0.154. The van der Waals surface area contributed by atoms with Crippen molar-refractivity contribution in [3.05, 3.63) is 28.8 Å². The molecule has 1 aromatic rings. The van der Waals surface area contributed by atoms with Crippen molar-refractivity contribution in [1.82, 2.24) is 10.0 Å². The summed E-state index contributed by atoms with van der Waals surface area (Å²) < 4.78 is 37.2. The number of methoxy groups -OCH3 is 1. The predicted molar refractivity (Wildman–Crippen MR) is 101 cm³/mol. The molecule has 9 heteroatoms. The number of hydrogen-bond acceptors (Lipinski definition) is 6. The number of amides is 1. The topological polar surface area (TPSA) is 111 Å². The molecule has 0 fully saturated rings. The smallest absolute Gasteiger partial charge is 0.307 e. The van der Waals surface area contributed by atoms with Gasteiger partial charge < -0.3 is 14.8 Å². The highest BCUT2D eigenvalue weighted by Crippen LogP contribution is 2.21. The van der Waals surface area contributed by atoms with Crippen LogP contribution >= 0.6 is 0 Å². The van der Waals surface area contributed by atoms with E-state index in [0.717, 1.165) is 5.56 Å². The minimum absolute atomic E-state index is 0.119. The molecule has 8 nitrogen and oxygen atoms in total. The molecule has 0 aliphatic heterocycles. The van der Waals surface area contributed by atoms with Gasteiger partial charge in [0.1, 0.15) is 0 Å². The van der Waals surface area contributed by atoms with Gasteiger partial charge >= 0.3 is 5.97 Å². The van der Waals surface area contributed by atoms with Gasteiger partial charge in [-0.3, -0.25) is 9.59 Å². The fourth-order valence-electron chi connectivity index (χ4n) is 2.68. The Bertz CT molecular complexity index is 753. The Labute approximate surface area is 160 Å². The first kappa shape index (κ1) is 23.1. The number of nitrogens with one attached hydrogen (secondary N) is 2. The van der Waals surface area contributed by atoms with Gasteiger partial charge in [-0.25, -0.2) is 13.1 Å². The van der Waals surface area contributed by atoms with Gasteiger partial charge in [0.2, 0.25) is 10.0 Å². The van der Waals surface area contributed by atoms with Gasteiger partial charge in [0.15, 0.2) is 6.10 Å². The molecule has 27 heavy (non-hydrogen) atoms. The van der Waals surface area contributed by atoms with E-state index in [0.29, 0.717) is 24.3 Å². The summed E-state index contributed by atoms with van der Waals surface area (Å²) in [7, 11) is -2.23. The number of hydrogen-bond donors (Lipinski definition) is 2. The maximum Gasteiger partial charge on any atom is 0.307 e. The summed E-state index contributed by atoms with van der Waals surface area (Å²) in [5.74, 6) is -1.10. The van der Waals surface area contributed by atoms with Gasteiger partial charge in [0.05, 0.1) is 17.9 Å². The number of rotatable bonds is 10. The van der Waals surface area contributed by atoms with E-state index in [1.54, 1.807) is 26.0 Å². The average Bonchev–Trinajstić information content (AvgIpc) is 2.53. The second-order valence-corrected chi connectivity index (χ2v) is 8.00. The van der Waals surface area contributed by atoms with Crippen LogP contribution in [-0.4, -0.2) is 53.2 Å². The van der Waals surface area contributed by atoms with Crippen LogP contribution in [0.25, 0.3) is 0 Å². The van der Waals surface area contributed by atoms with Crippen LogP contribution in [0.15, 0.2) is 17.0 Å². The van der Waals surface area contributed by atoms with E-state index >= 15 is 0 Å². The van der Waals surface area contributed by atoms with Crippen molar-refractivity contribution in [1.29, 1.82) is 0 Å². The third-order valence-corrected chi connectivity index (χ3v) is 5.54. The Kier molecular flexibility index (Phi) is 8.87. The zero-order valence-corrected chi connectivity index (χ0v) is 17.2. The van der Waals surface area contributed by atoms with E-state index in [1.807, 2.05) is 6.92 Å². The van der Waals surface area contributed by atoms with E-state index in [4.69, 9.17) is 9.47 Å². The molecule has 1 amide bonds. The van der Waals surface area contributed by atoms with Gasteiger partial charge in [0, 0.05) is 20.2 Å². The van der Waals surface area contributed by atoms with E-state index in [9.17, 15) is 18.0 Å². The van der Waals surface area contributed by atoms with Crippen LogP contribution in [0.5, 0.6) is 0 Å². The average molecular weight is 400 g/mol. The van der Waals surface area contributed by atoms with Crippen molar-refractivity contribution < 1.29 is 27.5 Å². The van der Waals surface area contributed by atoms with E-state index in [1.165, 1.54) is 14.0 Å². The van der Waals surface area contributed by atoms with Gasteiger partial charge in [-0.1, -0.05) is 17.7 Å². The highest BCUT2D eigenvalue weighted by atomic mass is 32.2. The van der Waals surface area contributed by atoms with Crippen molar-refractivity contribution in [2.24, 2.45) is 0 Å². The van der Waals surface area contributed by atoms with Gasteiger partial charge in [-0.2, -0.15) is 0 Å². The summed E-state index contributed by atoms with van der Waals surface area (Å²) in [4.78, 5) is 23.8. The minimum Gasteiger partial charge on any atom is -0.453 e. The van der Waals surface area contributed by atoms with Crippen molar-refractivity contribution in [3.63, 3.8) is 0 Å². The van der Waals surface area contributed by atoms with Crippen LogP contribution in [0.4, 0.5) is 0 Å². The first-order chi connectivity index (χ1) is 12.6. The van der Waals surface area contributed by atoms with Gasteiger partial charge in [0.25, 0.3) is 5.91 Å². The molecule has 2 N–H and O–H groups in total. The lowest BCUT2D eigenvalue weighted by atomic mass is 10.1. The van der Waals surface area contributed by atoms with Gasteiger partial charge in [-0.05, 0) is 38.8 Å². The molecule has 1 rings (SSSR count). The van der Waals surface area contributed by atoms with Crippen LogP contribution in [0.1, 0.15) is 30.0 Å². The molecule has 0 saturated carbocycles. The first-order valence-electron chi connectivity index (χ1n) is 8.62. The van der Waals surface area contributed by atoms with Crippen molar-refractivity contribution in [2.75, 3.05) is 26.8 Å². The third-order valence-electron chi connectivity index (χ3n) is 3.78. The maximum atomic E-state index is 12.5. The zero-order chi connectivity index (χ0) is 20.6. The first-order valence-corrected chi connectivity index (χ1v) is 10.1. The molecule has 0 radical (unpaired) electrons. The molecule has 0 saturated heterocycles. The normalized spacial score (nSPS) is 12.5. The Balaban J connectivity index is 2.55. The Hall–Kier alpha value is -1.97. The second-order valence-electron chi connectivity index (χ2n) is 6.29. The fourth-order valence-corrected chi connectivity index (χ4v) is 4.16. The number of carbonyl (C=O) groups is 2. The molecule has 1 atom stereocenters. The molecule has 0 aliphatic rings. The molecular weight excluding hydrogens is 372 g/mol. The third kappa shape index (κ3) is 7.28. The van der Waals surface area contributed by atoms with Crippen molar-refractivity contribution in [3.8, 4) is 0 Å². The summed E-state index contributed by atoms with van der Waals surface area (Å²) in [6.45, 7) is 7.35. The quantitative estimate of drug-likeness (QED) is 0.447. The van der Waals surface area contributed by atoms with Crippen LogP contribution in [0.3, 0.4) is 0 Å². The molecular formula is C18H28N2O6S. The number of benzene rings is 1. The molecule has 152 valence electrons. The lowest BCUT2D eigenvalue weighted by Gasteiger charge is -2.14. The Morgan fingerprint density at radius 2 is 1.70 bits per heavy atom. The molecule has 1 aromatic carbocycles. The number of sulfonamides is 1. The van der Waals surface area contributed by atoms with E-state index in [-0.39, 0.29) is 17.9 Å². The molecule has 0 bridgehead atoms. The monoisotopic (exact) mass is 400 g/mol. The van der Waals surface area contributed by atoms with Crippen LogP contribution in [-0.2, 0) is 29.1 Å². The molecule has 0 heterocycles. The highest BCUT2D eigenvalue weighted by Gasteiger charge is 2.21. The lowest BCUT2D eigenvalue weighted by Crippen LogP contribution is -2.38. The van der Waals surface area contributed by atoms with E-state index < -0.39 is 28.0 Å². The van der Waals surface area contributed by atoms with Crippen molar-refractivity contribution in [2.45, 2.75) is 45.1 Å². The summed E-state index contributed by atoms with van der Waals surface area (Å²) >= 11 is 0. The van der Waals surface area contributed by atoms with E-state index in [2.05, 4.69) is 10.0 Å². The number of carbonyl (C=O) groups excluding carboxylic acids is 2. The number of ether oxygens (including phenoxy) is 2. The molecule has 0 aromatic heterocycles. The fraction of sp³-hybridized carbons (Fsp3) is 0.556. The van der Waals surface area contributed by atoms with Crippen LogP contribution < -0.4 is 10.0 Å². The SMILES string of the molecule is COCCNC(=O)[C@H](C)OC(=O)CCNS(=O)(=O)c1c(C)cc(C)cc1C.